The molecule has 0 radical (unpaired) electrons. The van der Waals surface area contributed by atoms with Crippen molar-refractivity contribution in [1.82, 2.24) is 20.5 Å². The summed E-state index contributed by atoms with van der Waals surface area (Å²) in [6.45, 7) is 1.54. The lowest BCUT2D eigenvalue weighted by molar-refractivity contribution is -0.134. The minimum absolute atomic E-state index is 0.227. The van der Waals surface area contributed by atoms with Crippen LogP contribution in [0.3, 0.4) is 0 Å². The molecule has 1 atom stereocenters. The first kappa shape index (κ1) is 18.6. The van der Waals surface area contributed by atoms with E-state index in [0.717, 1.165) is 15.7 Å². The summed E-state index contributed by atoms with van der Waals surface area (Å²) in [6.07, 6.45) is 1.63. The van der Waals surface area contributed by atoms with E-state index in [1.54, 1.807) is 25.3 Å². The number of benzene rings is 2. The van der Waals surface area contributed by atoms with E-state index in [1.807, 2.05) is 48.5 Å². The first-order chi connectivity index (χ1) is 14.0. The Kier molecular flexibility index (Phi) is 4.72. The number of pyridine rings is 1. The molecule has 1 aliphatic rings. The van der Waals surface area contributed by atoms with E-state index in [-0.39, 0.29) is 13.1 Å². The van der Waals surface area contributed by atoms with Gasteiger partial charge in [0.15, 0.2) is 0 Å². The Hall–Kier alpha value is -3.74. The van der Waals surface area contributed by atoms with Gasteiger partial charge in [0.25, 0.3) is 5.91 Å². The van der Waals surface area contributed by atoms with Crippen LogP contribution in [0.5, 0.6) is 0 Å². The molecule has 1 fully saturated rings. The number of nitrogens with zero attached hydrogens (tertiary/aromatic N) is 2. The molecule has 2 heterocycles. The third-order valence-corrected chi connectivity index (χ3v) is 5.10. The van der Waals surface area contributed by atoms with E-state index in [4.69, 9.17) is 0 Å². The lowest BCUT2D eigenvalue weighted by Crippen LogP contribution is -2.43. The average Bonchev–Trinajstić information content (AvgIpc) is 2.96. The highest BCUT2D eigenvalue weighted by molar-refractivity contribution is 6.09. The van der Waals surface area contributed by atoms with Crippen LogP contribution in [0.2, 0.25) is 0 Å². The predicted octanol–water partition coefficient (Wildman–Crippen LogP) is 2.32. The van der Waals surface area contributed by atoms with Crippen LogP contribution in [0.1, 0.15) is 18.2 Å². The summed E-state index contributed by atoms with van der Waals surface area (Å²) in [5, 5.41) is 7.43. The van der Waals surface area contributed by atoms with Crippen molar-refractivity contribution in [1.29, 1.82) is 0 Å². The monoisotopic (exact) mass is 388 g/mol. The number of hydrogen-bond acceptors (Lipinski definition) is 4. The van der Waals surface area contributed by atoms with Gasteiger partial charge in [-0.1, -0.05) is 42.5 Å². The molecular weight excluding hydrogens is 368 g/mol. The van der Waals surface area contributed by atoms with Crippen LogP contribution in [-0.4, -0.2) is 34.3 Å². The first-order valence-electron chi connectivity index (χ1n) is 9.27. The van der Waals surface area contributed by atoms with Crippen LogP contribution in [0.4, 0.5) is 4.79 Å². The number of imide groups is 1. The summed E-state index contributed by atoms with van der Waals surface area (Å²) in [6, 6.07) is 18.2. The summed E-state index contributed by atoms with van der Waals surface area (Å²) < 4.78 is 0. The average molecular weight is 388 g/mol. The maximum atomic E-state index is 13.0. The molecule has 1 saturated heterocycles. The van der Waals surface area contributed by atoms with Crippen LogP contribution in [0, 0.1) is 0 Å². The highest BCUT2D eigenvalue weighted by atomic mass is 16.2. The van der Waals surface area contributed by atoms with Crippen molar-refractivity contribution < 1.29 is 14.4 Å². The first-order valence-corrected chi connectivity index (χ1v) is 9.27. The Balaban J connectivity index is 1.49. The third kappa shape index (κ3) is 3.54. The molecule has 1 aromatic heterocycles. The molecule has 2 N–H and O–H groups in total. The van der Waals surface area contributed by atoms with Crippen LogP contribution in [0.25, 0.3) is 10.8 Å². The minimum atomic E-state index is -1.22. The molecule has 2 aromatic carbocycles. The van der Waals surface area contributed by atoms with Gasteiger partial charge in [0.1, 0.15) is 12.1 Å². The zero-order valence-corrected chi connectivity index (χ0v) is 15.9. The minimum Gasteiger partial charge on any atom is -0.349 e. The molecule has 0 bridgehead atoms. The third-order valence-electron chi connectivity index (χ3n) is 5.10. The van der Waals surface area contributed by atoms with Gasteiger partial charge in [-0.15, -0.1) is 0 Å². The molecule has 0 unspecified atom stereocenters. The van der Waals surface area contributed by atoms with Gasteiger partial charge in [-0.2, -0.15) is 0 Å². The van der Waals surface area contributed by atoms with Crippen LogP contribution in [0.15, 0.2) is 66.9 Å². The van der Waals surface area contributed by atoms with Gasteiger partial charge in [-0.3, -0.25) is 19.5 Å². The Morgan fingerprint density at radius 1 is 1.07 bits per heavy atom. The lowest BCUT2D eigenvalue weighted by Gasteiger charge is -2.22. The number of nitrogens with one attached hydrogen (secondary N) is 2. The Morgan fingerprint density at radius 2 is 1.83 bits per heavy atom. The van der Waals surface area contributed by atoms with Gasteiger partial charge >= 0.3 is 6.03 Å². The van der Waals surface area contributed by atoms with E-state index < -0.39 is 23.4 Å². The van der Waals surface area contributed by atoms with Gasteiger partial charge in [-0.05, 0) is 41.5 Å². The second-order valence-electron chi connectivity index (χ2n) is 7.11. The van der Waals surface area contributed by atoms with Crippen LogP contribution < -0.4 is 10.6 Å². The van der Waals surface area contributed by atoms with Crippen molar-refractivity contribution in [2.24, 2.45) is 0 Å². The molecule has 29 heavy (non-hydrogen) atoms. The Labute approximate surface area is 167 Å². The van der Waals surface area contributed by atoms with Crippen molar-refractivity contribution >= 4 is 28.6 Å². The molecule has 1 aliphatic heterocycles. The standard InChI is InChI=1S/C22H20N4O3/c1-22(17-10-9-15-6-2-3-7-16(15)12-17)20(28)26(21(29)25-22)14-19(27)24-13-18-8-4-5-11-23-18/h2-12H,13-14H2,1H3,(H,24,27)(H,25,29)/t22-/m0/s1. The van der Waals surface area contributed by atoms with Crippen molar-refractivity contribution in [3.05, 3.63) is 78.1 Å². The summed E-state index contributed by atoms with van der Waals surface area (Å²) in [5.41, 5.74) is 0.146. The predicted molar refractivity (Wildman–Crippen MR) is 108 cm³/mol. The Bertz CT molecular complexity index is 1100. The van der Waals surface area contributed by atoms with E-state index in [2.05, 4.69) is 15.6 Å². The lowest BCUT2D eigenvalue weighted by atomic mass is 9.90. The number of urea groups is 1. The van der Waals surface area contributed by atoms with E-state index in [1.165, 1.54) is 0 Å². The molecule has 7 nitrogen and oxygen atoms in total. The summed E-state index contributed by atoms with van der Waals surface area (Å²) in [7, 11) is 0. The van der Waals surface area contributed by atoms with Crippen LogP contribution in [-0.2, 0) is 21.7 Å². The number of aromatic nitrogens is 1. The number of rotatable bonds is 5. The number of hydrogen-bond donors (Lipinski definition) is 2. The van der Waals surface area contributed by atoms with Crippen molar-refractivity contribution in [2.45, 2.75) is 19.0 Å². The fraction of sp³-hybridized carbons (Fsp3) is 0.182. The molecular formula is C22H20N4O3. The maximum absolute atomic E-state index is 13.0. The van der Waals surface area contributed by atoms with E-state index in [0.29, 0.717) is 11.3 Å². The van der Waals surface area contributed by atoms with Crippen LogP contribution >= 0.6 is 0 Å². The second kappa shape index (κ2) is 7.35. The maximum Gasteiger partial charge on any atom is 0.325 e. The normalized spacial score (nSPS) is 18.7. The second-order valence-corrected chi connectivity index (χ2v) is 7.11. The molecule has 0 aliphatic carbocycles. The molecule has 4 amide bonds. The molecule has 0 spiro atoms. The van der Waals surface area contributed by atoms with Crippen molar-refractivity contribution in [2.75, 3.05) is 6.54 Å². The topological polar surface area (TPSA) is 91.4 Å². The zero-order valence-electron chi connectivity index (χ0n) is 15.9. The van der Waals surface area contributed by atoms with Gasteiger partial charge in [0.2, 0.25) is 5.91 Å². The molecule has 4 rings (SSSR count). The summed E-state index contributed by atoms with van der Waals surface area (Å²) in [4.78, 5) is 42.8. The number of amides is 4. The molecule has 0 saturated carbocycles. The van der Waals surface area contributed by atoms with Gasteiger partial charge < -0.3 is 10.6 Å². The van der Waals surface area contributed by atoms with Gasteiger partial charge in [0, 0.05) is 6.20 Å². The Morgan fingerprint density at radius 3 is 2.59 bits per heavy atom. The highest BCUT2D eigenvalue weighted by Gasteiger charge is 2.49. The van der Waals surface area contributed by atoms with Crippen molar-refractivity contribution in [3.63, 3.8) is 0 Å². The van der Waals surface area contributed by atoms with E-state index >= 15 is 0 Å². The van der Waals surface area contributed by atoms with Gasteiger partial charge in [0.05, 0.1) is 12.2 Å². The smallest absolute Gasteiger partial charge is 0.325 e. The number of carbonyl (C=O) groups excluding carboxylic acids is 3. The zero-order chi connectivity index (χ0) is 20.4. The summed E-state index contributed by atoms with van der Waals surface area (Å²) in [5.74, 6) is -0.882. The fourth-order valence-electron chi connectivity index (χ4n) is 3.43. The number of carbonyl (C=O) groups is 3. The van der Waals surface area contributed by atoms with Crippen molar-refractivity contribution in [3.8, 4) is 0 Å². The van der Waals surface area contributed by atoms with Gasteiger partial charge in [-0.25, -0.2) is 4.79 Å². The van der Waals surface area contributed by atoms with E-state index in [9.17, 15) is 14.4 Å². The molecule has 146 valence electrons. The largest absolute Gasteiger partial charge is 0.349 e. The summed E-state index contributed by atoms with van der Waals surface area (Å²) >= 11 is 0. The SMILES string of the molecule is C[C@@]1(c2ccc3ccccc3c2)NC(=O)N(CC(=O)NCc2ccccn2)C1=O. The molecule has 7 heteroatoms. The molecule has 3 aromatic rings. The number of fused-ring (bicyclic) bond motifs is 1. The highest BCUT2D eigenvalue weighted by Crippen LogP contribution is 2.30. The fourth-order valence-corrected chi connectivity index (χ4v) is 3.43. The quantitative estimate of drug-likeness (QED) is 0.656.